The van der Waals surface area contributed by atoms with Crippen LogP contribution in [-0.4, -0.2) is 97.1 Å². The number of carbonyl (C=O) groups is 5. The zero-order valence-electron chi connectivity index (χ0n) is 30.5. The molecule has 6 atom stereocenters. The van der Waals surface area contributed by atoms with Crippen LogP contribution >= 0.6 is 0 Å². The van der Waals surface area contributed by atoms with E-state index in [1.54, 1.807) is 32.9 Å². The fourth-order valence-electron chi connectivity index (χ4n) is 6.27. The number of hydrogen-bond donors (Lipinski definition) is 1. The van der Waals surface area contributed by atoms with Gasteiger partial charge in [-0.3, -0.25) is 28.5 Å². The number of nitrogens with zero attached hydrogens (tertiary/aromatic N) is 5. The van der Waals surface area contributed by atoms with Gasteiger partial charge in [-0.2, -0.15) is 4.98 Å². The molecule has 0 saturated carbocycles. The van der Waals surface area contributed by atoms with Crippen molar-refractivity contribution in [2.24, 2.45) is 0 Å². The fourth-order valence-corrected chi connectivity index (χ4v) is 6.27. The number of phenolic OH excluding ortho intramolecular Hbond substituents is 1. The Kier molecular flexibility index (Phi) is 11.8. The highest BCUT2D eigenvalue weighted by Crippen LogP contribution is 2.42. The number of rotatable bonds is 11. The molecule has 1 unspecified atom stereocenters. The molecule has 1 fully saturated rings. The van der Waals surface area contributed by atoms with Crippen LogP contribution in [0.4, 0.5) is 0 Å². The van der Waals surface area contributed by atoms with Crippen LogP contribution in [0.15, 0.2) is 46.6 Å². The number of aryl methyl sites for hydroxylation is 1. The lowest BCUT2D eigenvalue weighted by Crippen LogP contribution is -2.60. The average molecular weight is 754 g/mol. The van der Waals surface area contributed by atoms with Crippen molar-refractivity contribution in [2.45, 2.75) is 91.6 Å². The SMILES string of the molecule is CCOC(=O)C1=C(C)Oc2nc(C)n(Cc3cn([C@@H]4O[C@H](COC(C)=O)[C@@H](OC(C)=O)[C@H](OC(C)=O)[C@H]4OC(C)=O)nn3)c(=O)c2C1c1ccc(O)cc1. The van der Waals surface area contributed by atoms with Crippen LogP contribution in [0.3, 0.4) is 0 Å². The lowest BCUT2D eigenvalue weighted by Gasteiger charge is -2.44. The van der Waals surface area contributed by atoms with Crippen LogP contribution in [0, 0.1) is 6.92 Å². The normalized spacial score (nSPS) is 22.0. The lowest BCUT2D eigenvalue weighted by molar-refractivity contribution is -0.270. The molecule has 19 nitrogen and oxygen atoms in total. The third kappa shape index (κ3) is 8.41. The number of allylic oxidation sites excluding steroid dienone is 1. The highest BCUT2D eigenvalue weighted by molar-refractivity contribution is 5.92. The Bertz CT molecular complexity index is 2040. The lowest BCUT2D eigenvalue weighted by atomic mass is 9.83. The van der Waals surface area contributed by atoms with Gasteiger partial charge in [-0.05, 0) is 38.5 Å². The van der Waals surface area contributed by atoms with Gasteiger partial charge >= 0.3 is 29.8 Å². The van der Waals surface area contributed by atoms with Crippen LogP contribution in [0.1, 0.15) is 76.3 Å². The van der Waals surface area contributed by atoms with Crippen molar-refractivity contribution >= 4 is 29.8 Å². The maximum atomic E-state index is 14.4. The van der Waals surface area contributed by atoms with E-state index in [-0.39, 0.29) is 53.2 Å². The highest BCUT2D eigenvalue weighted by atomic mass is 16.7. The summed E-state index contributed by atoms with van der Waals surface area (Å²) in [5, 5.41) is 18.3. The third-order valence-electron chi connectivity index (χ3n) is 8.39. The fraction of sp³-hybridized carbons (Fsp3) is 0.457. The van der Waals surface area contributed by atoms with Gasteiger partial charge in [0.05, 0.1) is 36.4 Å². The number of benzene rings is 1. The Morgan fingerprint density at radius 2 is 1.50 bits per heavy atom. The van der Waals surface area contributed by atoms with Gasteiger partial charge in [0, 0.05) is 27.7 Å². The minimum Gasteiger partial charge on any atom is -0.508 e. The van der Waals surface area contributed by atoms with Gasteiger partial charge < -0.3 is 38.3 Å². The van der Waals surface area contributed by atoms with Crippen molar-refractivity contribution < 1.29 is 62.2 Å². The maximum Gasteiger partial charge on any atom is 0.338 e. The van der Waals surface area contributed by atoms with Crippen LogP contribution in [0.2, 0.25) is 0 Å². The zero-order chi connectivity index (χ0) is 39.4. The summed E-state index contributed by atoms with van der Waals surface area (Å²) in [5.74, 6) is -4.37. The predicted molar refractivity (Wildman–Crippen MR) is 179 cm³/mol. The first-order valence-corrected chi connectivity index (χ1v) is 16.8. The van der Waals surface area contributed by atoms with Crippen molar-refractivity contribution in [3.05, 3.63) is 74.8 Å². The van der Waals surface area contributed by atoms with Crippen molar-refractivity contribution in [1.29, 1.82) is 0 Å². The number of fused-ring (bicyclic) bond motifs is 1. The highest BCUT2D eigenvalue weighted by Gasteiger charge is 2.53. The molecule has 1 N–H and O–H groups in total. The van der Waals surface area contributed by atoms with Gasteiger partial charge in [0.2, 0.25) is 5.88 Å². The van der Waals surface area contributed by atoms with E-state index in [1.807, 2.05) is 0 Å². The van der Waals surface area contributed by atoms with E-state index < -0.39 is 78.6 Å². The molecule has 0 radical (unpaired) electrons. The van der Waals surface area contributed by atoms with E-state index >= 15 is 0 Å². The van der Waals surface area contributed by atoms with E-state index in [1.165, 1.54) is 22.9 Å². The molecule has 0 aliphatic carbocycles. The topological polar surface area (TPSA) is 236 Å². The first-order valence-electron chi connectivity index (χ1n) is 16.8. The number of carbonyl (C=O) groups excluding carboxylic acids is 5. The molecule has 4 heterocycles. The molecule has 2 aromatic heterocycles. The molecule has 1 aromatic carbocycles. The van der Waals surface area contributed by atoms with Crippen LogP contribution in [-0.2, 0) is 58.9 Å². The second kappa shape index (κ2) is 16.3. The number of ether oxygens (including phenoxy) is 7. The van der Waals surface area contributed by atoms with Gasteiger partial charge in [-0.1, -0.05) is 17.3 Å². The molecule has 0 spiro atoms. The molecule has 54 heavy (non-hydrogen) atoms. The number of phenols is 1. The largest absolute Gasteiger partial charge is 0.508 e. The Morgan fingerprint density at radius 1 is 0.870 bits per heavy atom. The number of esters is 5. The standard InChI is InChI=1S/C35H39N5O14/c1-8-48-35(47)26-16(2)50-32-28(27(26)22-9-11-24(45)12-10-22)33(46)39(17(3)36-32)13-23-14-40(38-37-23)34-31(53-21(7)44)30(52-20(6)43)29(51-19(5)42)25(54-34)15-49-18(4)41/h9-12,14,25,27,29-31,34,45H,8,13,15H2,1-7H3/t25-,27?,29-,30+,31-,34-/m1/s1. The molecule has 3 aromatic rings. The van der Waals surface area contributed by atoms with E-state index in [2.05, 4.69) is 15.3 Å². The van der Waals surface area contributed by atoms with Gasteiger partial charge in [0.25, 0.3) is 5.56 Å². The molecule has 1 saturated heterocycles. The summed E-state index contributed by atoms with van der Waals surface area (Å²) in [4.78, 5) is 80.6. The monoisotopic (exact) mass is 753 g/mol. The number of hydrogen-bond acceptors (Lipinski definition) is 17. The molecule has 0 bridgehead atoms. The summed E-state index contributed by atoms with van der Waals surface area (Å²) >= 11 is 0. The molecule has 2 aliphatic rings. The third-order valence-corrected chi connectivity index (χ3v) is 8.39. The maximum absolute atomic E-state index is 14.4. The van der Waals surface area contributed by atoms with E-state index in [9.17, 15) is 33.9 Å². The Morgan fingerprint density at radius 3 is 2.11 bits per heavy atom. The molecular formula is C35H39N5O14. The summed E-state index contributed by atoms with van der Waals surface area (Å²) in [6, 6.07) is 6.00. The molecule has 2 aliphatic heterocycles. The Hall–Kier alpha value is -6.11. The summed E-state index contributed by atoms with van der Waals surface area (Å²) in [5.41, 5.74) is 0.214. The summed E-state index contributed by atoms with van der Waals surface area (Å²) in [6.45, 7) is 8.67. The quantitative estimate of drug-likeness (QED) is 0.216. The number of aromatic hydroxyl groups is 1. The van der Waals surface area contributed by atoms with Gasteiger partial charge in [0.15, 0.2) is 24.5 Å². The van der Waals surface area contributed by atoms with Gasteiger partial charge in [-0.15, -0.1) is 5.10 Å². The van der Waals surface area contributed by atoms with Crippen LogP contribution < -0.4 is 10.3 Å². The average Bonchev–Trinajstić information content (AvgIpc) is 3.55. The minimum atomic E-state index is -1.45. The van der Waals surface area contributed by atoms with Crippen molar-refractivity contribution in [2.75, 3.05) is 13.2 Å². The van der Waals surface area contributed by atoms with Gasteiger partial charge in [-0.25, -0.2) is 9.48 Å². The molecular weight excluding hydrogens is 714 g/mol. The molecule has 288 valence electrons. The second-order valence-electron chi connectivity index (χ2n) is 12.4. The first kappa shape index (κ1) is 39.1. The van der Waals surface area contributed by atoms with E-state index in [0.29, 0.717) is 5.56 Å². The zero-order valence-corrected chi connectivity index (χ0v) is 30.5. The first-order chi connectivity index (χ1) is 25.6. The summed E-state index contributed by atoms with van der Waals surface area (Å²) in [7, 11) is 0. The number of aromatic nitrogens is 5. The second-order valence-corrected chi connectivity index (χ2v) is 12.4. The molecule has 0 amide bonds. The van der Waals surface area contributed by atoms with Gasteiger partial charge in [0.1, 0.15) is 35.7 Å². The van der Waals surface area contributed by atoms with Crippen molar-refractivity contribution in [3.63, 3.8) is 0 Å². The smallest absolute Gasteiger partial charge is 0.338 e. The Balaban J connectivity index is 1.56. The molecule has 5 rings (SSSR count). The Labute approximate surface area is 307 Å². The summed E-state index contributed by atoms with van der Waals surface area (Å²) < 4.78 is 41.4. The predicted octanol–water partition coefficient (Wildman–Crippen LogP) is 1.51. The van der Waals surface area contributed by atoms with Crippen LogP contribution in [0.25, 0.3) is 0 Å². The van der Waals surface area contributed by atoms with E-state index in [4.69, 9.17) is 33.2 Å². The molecule has 19 heteroatoms. The summed E-state index contributed by atoms with van der Waals surface area (Å²) in [6.07, 6.45) is -5.50. The van der Waals surface area contributed by atoms with Crippen molar-refractivity contribution in [1.82, 2.24) is 24.5 Å². The van der Waals surface area contributed by atoms with Crippen molar-refractivity contribution in [3.8, 4) is 11.6 Å². The minimum absolute atomic E-state index is 0.0153. The van der Waals surface area contributed by atoms with Crippen LogP contribution in [0.5, 0.6) is 11.6 Å². The van der Waals surface area contributed by atoms with E-state index in [0.717, 1.165) is 32.4 Å².